The summed E-state index contributed by atoms with van der Waals surface area (Å²) < 4.78 is 9.54. The van der Waals surface area contributed by atoms with Crippen LogP contribution in [0.25, 0.3) is 27.9 Å². The summed E-state index contributed by atoms with van der Waals surface area (Å²) in [6.45, 7) is 0.684. The van der Waals surface area contributed by atoms with Gasteiger partial charge in [-0.25, -0.2) is 9.97 Å². The first-order valence-electron chi connectivity index (χ1n) is 13.5. The number of pyridine rings is 1. The predicted molar refractivity (Wildman–Crippen MR) is 150 cm³/mol. The number of carbonyl (C=O) groups is 1. The third-order valence-electron chi connectivity index (χ3n) is 7.99. The molecular weight excluding hydrogens is 490 g/mol. The molecule has 9 nitrogen and oxygen atoms in total. The first kappa shape index (κ1) is 23.8. The Labute approximate surface area is 226 Å². The van der Waals surface area contributed by atoms with Gasteiger partial charge < -0.3 is 19.5 Å². The Morgan fingerprint density at radius 3 is 2.69 bits per heavy atom. The Morgan fingerprint density at radius 1 is 1.10 bits per heavy atom. The average molecular weight is 522 g/mol. The molecule has 1 N–H and O–H groups in total. The Morgan fingerprint density at radius 2 is 1.95 bits per heavy atom. The van der Waals surface area contributed by atoms with E-state index in [1.54, 1.807) is 17.8 Å². The van der Waals surface area contributed by atoms with Gasteiger partial charge in [0, 0.05) is 56.2 Å². The van der Waals surface area contributed by atoms with Crippen LogP contribution in [0.3, 0.4) is 0 Å². The van der Waals surface area contributed by atoms with Crippen LogP contribution in [0.5, 0.6) is 0 Å². The molecule has 2 saturated carbocycles. The van der Waals surface area contributed by atoms with Gasteiger partial charge in [-0.2, -0.15) is 9.61 Å². The number of ether oxygens (including phenoxy) is 1. The predicted octanol–water partition coefficient (Wildman–Crippen LogP) is 4.62. The molecule has 39 heavy (non-hydrogen) atoms. The number of hydrogen-bond donors (Lipinski definition) is 1. The number of nitrogens with zero attached hydrogens (tertiary/aromatic N) is 6. The lowest BCUT2D eigenvalue weighted by molar-refractivity contribution is 0.00732. The normalized spacial score (nSPS) is 18.8. The second kappa shape index (κ2) is 9.50. The highest BCUT2D eigenvalue weighted by atomic mass is 16.5. The molecule has 2 aliphatic carbocycles. The van der Waals surface area contributed by atoms with Crippen molar-refractivity contribution in [2.75, 3.05) is 19.1 Å². The molecule has 7 rings (SSSR count). The van der Waals surface area contributed by atoms with E-state index in [9.17, 15) is 4.79 Å². The van der Waals surface area contributed by atoms with E-state index in [0.29, 0.717) is 23.8 Å². The molecule has 4 aromatic heterocycles. The third-order valence-corrected chi connectivity index (χ3v) is 7.99. The number of carbonyl (C=O) groups excluding carboxylic acids is 1. The van der Waals surface area contributed by atoms with E-state index >= 15 is 0 Å². The monoisotopic (exact) mass is 521 g/mol. The number of methoxy groups -OCH3 is 1. The number of benzene rings is 1. The SMILES string of the molecule is CO[C@H]1CC[C@@H]1NC(=O)c1cnn2c(N(C)Cc3ccccc3)cc(-c3cn(C4CC4)c4ncccc34)nc12. The molecule has 1 aromatic carbocycles. The van der Waals surface area contributed by atoms with Gasteiger partial charge in [-0.3, -0.25) is 4.79 Å². The lowest BCUT2D eigenvalue weighted by atomic mass is 9.89. The number of amides is 1. The molecule has 198 valence electrons. The summed E-state index contributed by atoms with van der Waals surface area (Å²) in [7, 11) is 3.73. The summed E-state index contributed by atoms with van der Waals surface area (Å²) in [6.07, 6.45) is 9.86. The average Bonchev–Trinajstić information content (AvgIpc) is 3.58. The highest BCUT2D eigenvalue weighted by Crippen LogP contribution is 2.41. The van der Waals surface area contributed by atoms with E-state index in [1.807, 2.05) is 37.5 Å². The van der Waals surface area contributed by atoms with E-state index in [2.05, 4.69) is 50.3 Å². The zero-order valence-corrected chi connectivity index (χ0v) is 22.1. The number of nitrogens with one attached hydrogen (secondary N) is 1. The van der Waals surface area contributed by atoms with Crippen LogP contribution in [0.1, 0.15) is 47.6 Å². The summed E-state index contributed by atoms with van der Waals surface area (Å²) in [6, 6.07) is 16.9. The second-order valence-corrected chi connectivity index (χ2v) is 10.6. The summed E-state index contributed by atoms with van der Waals surface area (Å²) in [5, 5.41) is 8.82. The van der Waals surface area contributed by atoms with Gasteiger partial charge in [-0.15, -0.1) is 0 Å². The maximum Gasteiger partial charge on any atom is 0.257 e. The van der Waals surface area contributed by atoms with Crippen LogP contribution in [0.15, 0.2) is 67.1 Å². The van der Waals surface area contributed by atoms with E-state index in [4.69, 9.17) is 14.7 Å². The van der Waals surface area contributed by atoms with Crippen molar-refractivity contribution < 1.29 is 9.53 Å². The molecule has 9 heteroatoms. The molecule has 2 aliphatic rings. The van der Waals surface area contributed by atoms with Gasteiger partial charge in [0.15, 0.2) is 5.65 Å². The number of anilines is 1. The van der Waals surface area contributed by atoms with E-state index < -0.39 is 0 Å². The first-order valence-corrected chi connectivity index (χ1v) is 13.5. The maximum absolute atomic E-state index is 13.4. The van der Waals surface area contributed by atoms with Gasteiger partial charge >= 0.3 is 0 Å². The molecule has 4 heterocycles. The van der Waals surface area contributed by atoms with Crippen molar-refractivity contribution >= 4 is 28.4 Å². The molecular formula is C30H31N7O2. The minimum Gasteiger partial charge on any atom is -0.379 e. The van der Waals surface area contributed by atoms with Crippen molar-refractivity contribution in [3.63, 3.8) is 0 Å². The van der Waals surface area contributed by atoms with E-state index in [-0.39, 0.29) is 18.1 Å². The second-order valence-electron chi connectivity index (χ2n) is 10.6. The standard InChI is InChI=1S/C30H31N7O2/c1-35(17-19-7-4-3-5-8-19)27-15-25(23-18-36(20-10-11-20)28-21(23)9-6-14-31-28)33-29-22(16-32-37(27)29)30(38)34-24-12-13-26(24)39-2/h3-9,14-16,18,20,24,26H,10-13,17H2,1-2H3,(H,34,38)/t24-,26-/m0/s1. The number of rotatable bonds is 8. The van der Waals surface area contributed by atoms with Crippen LogP contribution in [0.2, 0.25) is 0 Å². The van der Waals surface area contributed by atoms with Crippen molar-refractivity contribution in [2.45, 2.75) is 50.4 Å². The van der Waals surface area contributed by atoms with Gasteiger partial charge in [0.05, 0.1) is 24.0 Å². The van der Waals surface area contributed by atoms with Crippen LogP contribution in [-0.2, 0) is 11.3 Å². The summed E-state index contributed by atoms with van der Waals surface area (Å²) in [5.74, 6) is 0.674. The summed E-state index contributed by atoms with van der Waals surface area (Å²) in [4.78, 5) is 25.3. The van der Waals surface area contributed by atoms with Crippen LogP contribution < -0.4 is 10.2 Å². The molecule has 0 radical (unpaired) electrons. The van der Waals surface area contributed by atoms with Gasteiger partial charge in [-0.05, 0) is 43.4 Å². The van der Waals surface area contributed by atoms with Crippen molar-refractivity contribution in [1.82, 2.24) is 29.5 Å². The van der Waals surface area contributed by atoms with Gasteiger partial charge in [0.25, 0.3) is 5.91 Å². The highest BCUT2D eigenvalue weighted by molar-refractivity contribution is 6.01. The van der Waals surface area contributed by atoms with Crippen LogP contribution >= 0.6 is 0 Å². The van der Waals surface area contributed by atoms with Crippen molar-refractivity contribution in [1.29, 1.82) is 0 Å². The molecule has 5 aromatic rings. The molecule has 2 atom stereocenters. The first-order chi connectivity index (χ1) is 19.1. The van der Waals surface area contributed by atoms with E-state index in [0.717, 1.165) is 53.8 Å². The maximum atomic E-state index is 13.4. The number of fused-ring (bicyclic) bond motifs is 2. The fourth-order valence-corrected chi connectivity index (χ4v) is 5.54. The number of aromatic nitrogens is 5. The summed E-state index contributed by atoms with van der Waals surface area (Å²) >= 11 is 0. The highest BCUT2D eigenvalue weighted by Gasteiger charge is 2.33. The number of hydrogen-bond acceptors (Lipinski definition) is 6. The van der Waals surface area contributed by atoms with Gasteiger partial charge in [0.2, 0.25) is 0 Å². The summed E-state index contributed by atoms with van der Waals surface area (Å²) in [5.41, 5.74) is 4.94. The van der Waals surface area contributed by atoms with Crippen LogP contribution in [0.4, 0.5) is 5.82 Å². The molecule has 0 aliphatic heterocycles. The Bertz CT molecular complexity index is 1670. The fraction of sp³-hybridized carbons (Fsp3) is 0.333. The zero-order chi connectivity index (χ0) is 26.5. The smallest absolute Gasteiger partial charge is 0.257 e. The van der Waals surface area contributed by atoms with Crippen LogP contribution in [-0.4, -0.2) is 56.4 Å². The van der Waals surface area contributed by atoms with Crippen molar-refractivity contribution in [3.05, 3.63) is 78.2 Å². The van der Waals surface area contributed by atoms with E-state index in [1.165, 1.54) is 5.56 Å². The quantitative estimate of drug-likeness (QED) is 0.320. The largest absolute Gasteiger partial charge is 0.379 e. The van der Waals surface area contributed by atoms with Gasteiger partial charge in [0.1, 0.15) is 17.0 Å². The molecule has 2 fully saturated rings. The topological polar surface area (TPSA) is 89.6 Å². The van der Waals surface area contributed by atoms with Crippen LogP contribution in [0, 0.1) is 0 Å². The fourth-order valence-electron chi connectivity index (χ4n) is 5.54. The Kier molecular flexibility index (Phi) is 5.81. The molecule has 0 saturated heterocycles. The Balaban J connectivity index is 1.35. The molecule has 0 spiro atoms. The third kappa shape index (κ3) is 4.23. The zero-order valence-electron chi connectivity index (χ0n) is 22.1. The van der Waals surface area contributed by atoms with Crippen molar-refractivity contribution in [3.8, 4) is 11.3 Å². The minimum absolute atomic E-state index is 0.00319. The Hall–Kier alpha value is -4.24. The lowest BCUT2D eigenvalue weighted by Gasteiger charge is -2.35. The molecule has 0 bridgehead atoms. The van der Waals surface area contributed by atoms with Crippen molar-refractivity contribution in [2.24, 2.45) is 0 Å². The minimum atomic E-state index is -0.180. The lowest BCUT2D eigenvalue weighted by Crippen LogP contribution is -2.51. The molecule has 1 amide bonds. The van der Waals surface area contributed by atoms with Gasteiger partial charge in [-0.1, -0.05) is 30.3 Å². The molecule has 0 unspecified atom stereocenters.